The van der Waals surface area contributed by atoms with Crippen LogP contribution in [0.2, 0.25) is 0 Å². The molecule has 0 aromatic heterocycles. The molecule has 0 aromatic rings. The van der Waals surface area contributed by atoms with E-state index >= 15 is 0 Å². The van der Waals surface area contributed by atoms with Crippen molar-refractivity contribution in [2.45, 2.75) is 20.3 Å². The summed E-state index contributed by atoms with van der Waals surface area (Å²) in [5, 5.41) is 0. The Kier molecular flexibility index (Phi) is 20.5. The maximum atomic E-state index is 2.12. The van der Waals surface area contributed by atoms with Crippen LogP contribution in [0.25, 0.3) is 0 Å². The quantitative estimate of drug-likeness (QED) is 0.490. The third kappa shape index (κ3) is 15.3. The molecule has 0 radical (unpaired) electrons. The molecule has 0 nitrogen and oxygen atoms in total. The summed E-state index contributed by atoms with van der Waals surface area (Å²) in [6.45, 7) is 4.25. The van der Waals surface area contributed by atoms with E-state index in [1.807, 2.05) is 0 Å². The highest BCUT2D eigenvalue weighted by Gasteiger charge is 1.35. The van der Waals surface area contributed by atoms with Gasteiger partial charge in [-0.3, -0.25) is 0 Å². The zero-order valence-corrected chi connectivity index (χ0v) is 5.45. The highest BCUT2D eigenvalue weighted by atomic mass is 127. The lowest BCUT2D eigenvalue weighted by atomic mass is 10.6. The Hall–Kier alpha value is 0.730. The molecular weight excluding hydrogens is 163 g/mol. The van der Waals surface area contributed by atoms with Crippen LogP contribution in [0.1, 0.15) is 20.3 Å². The normalized spacial score (nSPS) is 4.50. The first kappa shape index (κ1) is 8.83. The van der Waals surface area contributed by atoms with E-state index in [0.717, 1.165) is 0 Å². The molecule has 28 valence electrons. The lowest BCUT2D eigenvalue weighted by Crippen LogP contribution is -1.27. The molecule has 1 heteroatoms. The second kappa shape index (κ2) is 9.29. The van der Waals surface area contributed by atoms with E-state index in [-0.39, 0.29) is 24.0 Å². The number of halogens is 1. The summed E-state index contributed by atoms with van der Waals surface area (Å²) in [7, 11) is 0. The largest absolute Gasteiger partial charge is 0.107 e. The van der Waals surface area contributed by atoms with Crippen LogP contribution in [0.15, 0.2) is 0 Å². The molecule has 0 atom stereocenters. The predicted molar refractivity (Wildman–Crippen MR) is 31.4 cm³/mol. The van der Waals surface area contributed by atoms with Gasteiger partial charge in [0.2, 0.25) is 0 Å². The Morgan fingerprint density at radius 2 is 1.25 bits per heavy atom. The van der Waals surface area contributed by atoms with E-state index in [9.17, 15) is 0 Å². The molecule has 0 heterocycles. The molecule has 0 saturated heterocycles. The van der Waals surface area contributed by atoms with E-state index in [2.05, 4.69) is 13.8 Å². The number of hydrogen-bond acceptors (Lipinski definition) is 0. The smallest absolute Gasteiger partial charge is 0.0590 e. The van der Waals surface area contributed by atoms with Crippen molar-refractivity contribution >= 4 is 24.0 Å². The lowest BCUT2D eigenvalue weighted by Gasteiger charge is -1.48. The summed E-state index contributed by atoms with van der Waals surface area (Å²) < 4.78 is 0. The van der Waals surface area contributed by atoms with Gasteiger partial charge < -0.3 is 0 Å². The fourth-order valence-electron chi connectivity index (χ4n) is 0. The van der Waals surface area contributed by atoms with Crippen LogP contribution in [-0.2, 0) is 0 Å². The van der Waals surface area contributed by atoms with E-state index in [0.29, 0.717) is 0 Å². The SMILES string of the molecule is CCC.I. The van der Waals surface area contributed by atoms with Crippen molar-refractivity contribution in [1.82, 2.24) is 0 Å². The molecule has 0 spiro atoms. The van der Waals surface area contributed by atoms with Gasteiger partial charge in [0.15, 0.2) is 0 Å². The Balaban J connectivity index is 0. The average Bonchev–Trinajstić information content (AvgIpc) is 0.918. The van der Waals surface area contributed by atoms with Crippen molar-refractivity contribution in [3.05, 3.63) is 0 Å². The Morgan fingerprint density at radius 1 is 1.25 bits per heavy atom. The average molecular weight is 172 g/mol. The molecule has 0 aromatic carbocycles. The van der Waals surface area contributed by atoms with Crippen LogP contribution in [-0.4, -0.2) is 0 Å². The van der Waals surface area contributed by atoms with Gasteiger partial charge in [-0.1, -0.05) is 20.3 Å². The van der Waals surface area contributed by atoms with Crippen LogP contribution in [0.3, 0.4) is 0 Å². The fraction of sp³-hybridized carbons (Fsp3) is 1.00. The van der Waals surface area contributed by atoms with E-state index in [4.69, 9.17) is 0 Å². The molecule has 0 aliphatic carbocycles. The minimum atomic E-state index is 0. The summed E-state index contributed by atoms with van der Waals surface area (Å²) in [6.07, 6.45) is 1.25. The van der Waals surface area contributed by atoms with Gasteiger partial charge in [0, 0.05) is 0 Å². The maximum absolute atomic E-state index is 2.12. The van der Waals surface area contributed by atoms with Crippen LogP contribution >= 0.6 is 24.0 Å². The minimum absolute atomic E-state index is 0. The van der Waals surface area contributed by atoms with Gasteiger partial charge in [-0.05, 0) is 0 Å². The molecule has 0 fully saturated rings. The van der Waals surface area contributed by atoms with Gasteiger partial charge in [-0.15, -0.1) is 24.0 Å². The van der Waals surface area contributed by atoms with Crippen molar-refractivity contribution in [3.8, 4) is 0 Å². The van der Waals surface area contributed by atoms with Crippen molar-refractivity contribution in [3.63, 3.8) is 0 Å². The highest BCUT2D eigenvalue weighted by Crippen LogP contribution is 1.56. The fourth-order valence-corrected chi connectivity index (χ4v) is 0. The maximum Gasteiger partial charge on any atom is -0.0590 e. The second-order valence-electron chi connectivity index (χ2n) is 0.707. The first-order chi connectivity index (χ1) is 1.41. The van der Waals surface area contributed by atoms with Gasteiger partial charge in [0.1, 0.15) is 0 Å². The Bertz CT molecular complexity index is 3.25. The van der Waals surface area contributed by atoms with Crippen molar-refractivity contribution in [1.29, 1.82) is 0 Å². The second-order valence-corrected chi connectivity index (χ2v) is 0.707. The summed E-state index contributed by atoms with van der Waals surface area (Å²) >= 11 is 0. The summed E-state index contributed by atoms with van der Waals surface area (Å²) in [6, 6.07) is 0. The summed E-state index contributed by atoms with van der Waals surface area (Å²) in [5.41, 5.74) is 0. The molecule has 0 amide bonds. The van der Waals surface area contributed by atoms with Crippen LogP contribution in [0.4, 0.5) is 0 Å². The monoisotopic (exact) mass is 172 g/mol. The van der Waals surface area contributed by atoms with Crippen LogP contribution < -0.4 is 0 Å². The molecule has 4 heavy (non-hydrogen) atoms. The van der Waals surface area contributed by atoms with Gasteiger partial charge in [0.05, 0.1) is 0 Å². The molecule has 0 bridgehead atoms. The topological polar surface area (TPSA) is 0 Å². The Labute approximate surface area is 44.6 Å². The number of rotatable bonds is 0. The van der Waals surface area contributed by atoms with Crippen LogP contribution in [0.5, 0.6) is 0 Å². The molecule has 0 saturated carbocycles. The molecule has 0 rings (SSSR count). The van der Waals surface area contributed by atoms with E-state index in [1.165, 1.54) is 6.42 Å². The Morgan fingerprint density at radius 3 is 1.25 bits per heavy atom. The lowest BCUT2D eigenvalue weighted by molar-refractivity contribution is 1.09. The first-order valence-electron chi connectivity index (χ1n) is 1.41. The third-order valence-electron chi connectivity index (χ3n) is 0. The zero-order valence-electron chi connectivity index (χ0n) is 3.12. The van der Waals surface area contributed by atoms with Crippen molar-refractivity contribution < 1.29 is 0 Å². The molecule has 0 aliphatic heterocycles. The third-order valence-corrected chi connectivity index (χ3v) is 0. The van der Waals surface area contributed by atoms with Gasteiger partial charge in [-0.25, -0.2) is 0 Å². The van der Waals surface area contributed by atoms with Crippen molar-refractivity contribution in [2.75, 3.05) is 0 Å². The minimum Gasteiger partial charge on any atom is -0.107 e. The van der Waals surface area contributed by atoms with Crippen LogP contribution in [0, 0.1) is 0 Å². The van der Waals surface area contributed by atoms with Gasteiger partial charge in [-0.2, -0.15) is 0 Å². The predicted octanol–water partition coefficient (Wildman–Crippen LogP) is 2.03. The molecule has 0 N–H and O–H groups in total. The molecule has 0 aliphatic rings. The molecule has 0 unspecified atom stereocenters. The van der Waals surface area contributed by atoms with E-state index < -0.39 is 0 Å². The van der Waals surface area contributed by atoms with Gasteiger partial charge >= 0.3 is 0 Å². The number of hydrogen-bond donors (Lipinski definition) is 0. The zero-order chi connectivity index (χ0) is 2.71. The highest BCUT2D eigenvalue weighted by molar-refractivity contribution is 14.0. The van der Waals surface area contributed by atoms with Gasteiger partial charge in [0.25, 0.3) is 0 Å². The molecular formula is C3H9I. The first-order valence-corrected chi connectivity index (χ1v) is 1.41. The summed E-state index contributed by atoms with van der Waals surface area (Å²) in [5.74, 6) is 0. The van der Waals surface area contributed by atoms with E-state index in [1.54, 1.807) is 0 Å². The summed E-state index contributed by atoms with van der Waals surface area (Å²) in [4.78, 5) is 0. The van der Waals surface area contributed by atoms with Crippen molar-refractivity contribution in [2.24, 2.45) is 0 Å². The standard InChI is InChI=1S/C3H8.HI/c1-3-2;/h3H2,1-2H3;1H.